The molecule has 1 atom stereocenters. The Balaban J connectivity index is 2.14. The van der Waals surface area contributed by atoms with E-state index < -0.39 is 0 Å². The second-order valence-electron chi connectivity index (χ2n) is 4.69. The SMILES string of the molecule is CCCN(C(=O)c1cnc(C)cn1)C1CCNC1. The first-order chi connectivity index (χ1) is 8.72. The number of aryl methyl sites for hydroxylation is 1. The average Bonchev–Trinajstić information content (AvgIpc) is 2.90. The maximum Gasteiger partial charge on any atom is 0.274 e. The molecule has 18 heavy (non-hydrogen) atoms. The summed E-state index contributed by atoms with van der Waals surface area (Å²) in [5, 5.41) is 3.30. The highest BCUT2D eigenvalue weighted by Crippen LogP contribution is 2.12. The minimum Gasteiger partial charge on any atom is -0.333 e. The van der Waals surface area contributed by atoms with Gasteiger partial charge in [0.2, 0.25) is 0 Å². The summed E-state index contributed by atoms with van der Waals surface area (Å²) in [6.45, 7) is 6.60. The molecule has 1 aliphatic heterocycles. The van der Waals surface area contributed by atoms with Gasteiger partial charge < -0.3 is 10.2 Å². The van der Waals surface area contributed by atoms with Crippen molar-refractivity contribution in [1.29, 1.82) is 0 Å². The van der Waals surface area contributed by atoms with Gasteiger partial charge in [0.1, 0.15) is 5.69 Å². The van der Waals surface area contributed by atoms with E-state index in [1.807, 2.05) is 11.8 Å². The molecule has 0 radical (unpaired) electrons. The fourth-order valence-electron chi connectivity index (χ4n) is 2.25. The van der Waals surface area contributed by atoms with Gasteiger partial charge in [-0.3, -0.25) is 9.78 Å². The number of nitrogens with zero attached hydrogens (tertiary/aromatic N) is 3. The molecule has 1 aromatic rings. The second-order valence-corrected chi connectivity index (χ2v) is 4.69. The third-order valence-corrected chi connectivity index (χ3v) is 3.20. The van der Waals surface area contributed by atoms with Crippen LogP contribution >= 0.6 is 0 Å². The summed E-state index contributed by atoms with van der Waals surface area (Å²) in [5.74, 6) is -0.00181. The van der Waals surface area contributed by atoms with Crippen LogP contribution in [-0.4, -0.2) is 46.5 Å². The van der Waals surface area contributed by atoms with Crippen LogP contribution in [0.25, 0.3) is 0 Å². The van der Waals surface area contributed by atoms with Crippen LogP contribution in [0.1, 0.15) is 35.9 Å². The van der Waals surface area contributed by atoms with Crippen LogP contribution in [-0.2, 0) is 0 Å². The predicted molar refractivity (Wildman–Crippen MR) is 69.4 cm³/mol. The molecule has 1 amide bonds. The molecule has 98 valence electrons. The summed E-state index contributed by atoms with van der Waals surface area (Å²) >= 11 is 0. The maximum atomic E-state index is 12.4. The van der Waals surface area contributed by atoms with Gasteiger partial charge in [0.15, 0.2) is 0 Å². The van der Waals surface area contributed by atoms with Crippen molar-refractivity contribution >= 4 is 5.91 Å². The van der Waals surface area contributed by atoms with Gasteiger partial charge in [-0.15, -0.1) is 0 Å². The minimum absolute atomic E-state index is 0.00181. The standard InChI is InChI=1S/C13H20N4O/c1-3-6-17(11-4-5-14-8-11)13(18)12-9-15-10(2)7-16-12/h7,9,11,14H,3-6,8H2,1-2H3. The van der Waals surface area contributed by atoms with Crippen molar-refractivity contribution in [3.63, 3.8) is 0 Å². The summed E-state index contributed by atoms with van der Waals surface area (Å²) in [6, 6.07) is 0.292. The second kappa shape index (κ2) is 5.91. The molecule has 1 fully saturated rings. The Bertz CT molecular complexity index is 398. The number of nitrogens with one attached hydrogen (secondary N) is 1. The molecule has 5 heteroatoms. The molecule has 2 rings (SSSR count). The van der Waals surface area contributed by atoms with Gasteiger partial charge in [0.05, 0.1) is 11.9 Å². The number of hydrogen-bond donors (Lipinski definition) is 1. The van der Waals surface area contributed by atoms with Crippen molar-refractivity contribution in [3.05, 3.63) is 23.8 Å². The van der Waals surface area contributed by atoms with E-state index in [0.717, 1.165) is 38.2 Å². The molecule has 0 saturated carbocycles. The van der Waals surface area contributed by atoms with Crippen molar-refractivity contribution in [1.82, 2.24) is 20.2 Å². The molecule has 0 bridgehead atoms. The molecule has 2 heterocycles. The van der Waals surface area contributed by atoms with Crippen molar-refractivity contribution < 1.29 is 4.79 Å². The quantitative estimate of drug-likeness (QED) is 0.863. The van der Waals surface area contributed by atoms with Crippen molar-refractivity contribution in [2.75, 3.05) is 19.6 Å². The molecule has 1 aliphatic rings. The number of carbonyl (C=O) groups excluding carboxylic acids is 1. The third kappa shape index (κ3) is 2.85. The Morgan fingerprint density at radius 1 is 1.50 bits per heavy atom. The minimum atomic E-state index is -0.00181. The van der Waals surface area contributed by atoms with Crippen molar-refractivity contribution in [2.45, 2.75) is 32.7 Å². The Labute approximate surface area is 108 Å². The fourth-order valence-corrected chi connectivity index (χ4v) is 2.25. The van der Waals surface area contributed by atoms with Crippen LogP contribution in [0, 0.1) is 6.92 Å². The van der Waals surface area contributed by atoms with E-state index in [9.17, 15) is 4.79 Å². The van der Waals surface area contributed by atoms with Crippen LogP contribution in [0.3, 0.4) is 0 Å². The number of hydrogen-bond acceptors (Lipinski definition) is 4. The van der Waals surface area contributed by atoms with Crippen LogP contribution in [0.5, 0.6) is 0 Å². The largest absolute Gasteiger partial charge is 0.333 e. The Hall–Kier alpha value is -1.49. The van der Waals surface area contributed by atoms with Crippen LogP contribution in [0.15, 0.2) is 12.4 Å². The van der Waals surface area contributed by atoms with E-state index in [1.165, 1.54) is 0 Å². The molecule has 0 aliphatic carbocycles. The van der Waals surface area contributed by atoms with Gasteiger partial charge in [-0.25, -0.2) is 4.98 Å². The summed E-state index contributed by atoms with van der Waals surface area (Å²) in [4.78, 5) is 22.7. The van der Waals surface area contributed by atoms with Crippen LogP contribution in [0.2, 0.25) is 0 Å². The lowest BCUT2D eigenvalue weighted by Crippen LogP contribution is -2.42. The lowest BCUT2D eigenvalue weighted by atomic mass is 10.2. The zero-order valence-electron chi connectivity index (χ0n) is 11.0. The molecule has 1 saturated heterocycles. The molecular formula is C13H20N4O. The zero-order chi connectivity index (χ0) is 13.0. The molecular weight excluding hydrogens is 228 g/mol. The molecule has 1 aromatic heterocycles. The number of carbonyl (C=O) groups is 1. The normalized spacial score (nSPS) is 18.9. The van der Waals surface area contributed by atoms with Crippen LogP contribution in [0.4, 0.5) is 0 Å². The van der Waals surface area contributed by atoms with Gasteiger partial charge in [-0.2, -0.15) is 0 Å². The number of rotatable bonds is 4. The fraction of sp³-hybridized carbons (Fsp3) is 0.615. The third-order valence-electron chi connectivity index (χ3n) is 3.20. The highest BCUT2D eigenvalue weighted by molar-refractivity contribution is 5.92. The molecule has 5 nitrogen and oxygen atoms in total. The molecule has 0 aromatic carbocycles. The first-order valence-electron chi connectivity index (χ1n) is 6.52. The average molecular weight is 248 g/mol. The Morgan fingerprint density at radius 3 is 2.89 bits per heavy atom. The predicted octanol–water partition coefficient (Wildman–Crippen LogP) is 0.999. The van der Waals surface area contributed by atoms with Gasteiger partial charge in [0, 0.05) is 25.3 Å². The summed E-state index contributed by atoms with van der Waals surface area (Å²) < 4.78 is 0. The number of amides is 1. The highest BCUT2D eigenvalue weighted by Gasteiger charge is 2.27. The highest BCUT2D eigenvalue weighted by atomic mass is 16.2. The Kier molecular flexibility index (Phi) is 4.25. The van der Waals surface area contributed by atoms with E-state index in [-0.39, 0.29) is 5.91 Å². The smallest absolute Gasteiger partial charge is 0.274 e. The topological polar surface area (TPSA) is 58.1 Å². The lowest BCUT2D eigenvalue weighted by Gasteiger charge is -2.27. The van der Waals surface area contributed by atoms with E-state index >= 15 is 0 Å². The summed E-state index contributed by atoms with van der Waals surface area (Å²) in [6.07, 6.45) is 5.19. The molecule has 0 spiro atoms. The van der Waals surface area contributed by atoms with E-state index in [4.69, 9.17) is 0 Å². The molecule has 1 N–H and O–H groups in total. The first kappa shape index (κ1) is 13.0. The van der Waals surface area contributed by atoms with Crippen molar-refractivity contribution in [3.8, 4) is 0 Å². The summed E-state index contributed by atoms with van der Waals surface area (Å²) in [7, 11) is 0. The first-order valence-corrected chi connectivity index (χ1v) is 6.52. The van der Waals surface area contributed by atoms with Gasteiger partial charge in [-0.05, 0) is 26.3 Å². The van der Waals surface area contributed by atoms with E-state index in [0.29, 0.717) is 11.7 Å². The zero-order valence-corrected chi connectivity index (χ0v) is 11.0. The Morgan fingerprint density at radius 2 is 2.33 bits per heavy atom. The number of aromatic nitrogens is 2. The van der Waals surface area contributed by atoms with Gasteiger partial charge in [-0.1, -0.05) is 6.92 Å². The lowest BCUT2D eigenvalue weighted by molar-refractivity contribution is 0.0685. The van der Waals surface area contributed by atoms with Crippen molar-refractivity contribution in [2.24, 2.45) is 0 Å². The monoisotopic (exact) mass is 248 g/mol. The van der Waals surface area contributed by atoms with Gasteiger partial charge >= 0.3 is 0 Å². The van der Waals surface area contributed by atoms with Gasteiger partial charge in [0.25, 0.3) is 5.91 Å². The van der Waals surface area contributed by atoms with E-state index in [2.05, 4.69) is 22.2 Å². The van der Waals surface area contributed by atoms with E-state index in [1.54, 1.807) is 12.4 Å². The maximum absolute atomic E-state index is 12.4. The molecule has 1 unspecified atom stereocenters. The summed E-state index contributed by atoms with van der Waals surface area (Å²) in [5.41, 5.74) is 1.28. The van der Waals surface area contributed by atoms with Crippen LogP contribution < -0.4 is 5.32 Å².